The SMILES string of the molecule is CC(SCC(CC(=O)O)C(=O)c1ccc2ccccc2c1)C(=O)O.O=C1CN1. The van der Waals surface area contributed by atoms with E-state index < -0.39 is 23.1 Å². The molecular formula is C20H21NO6S. The lowest BCUT2D eigenvalue weighted by Gasteiger charge is -2.15. The Morgan fingerprint density at radius 2 is 1.71 bits per heavy atom. The molecule has 148 valence electrons. The maximum absolute atomic E-state index is 12.7. The zero-order valence-corrected chi connectivity index (χ0v) is 16.1. The van der Waals surface area contributed by atoms with Gasteiger partial charge in [-0.3, -0.25) is 19.2 Å². The average molecular weight is 403 g/mol. The van der Waals surface area contributed by atoms with Gasteiger partial charge in [0.15, 0.2) is 5.78 Å². The van der Waals surface area contributed by atoms with Crippen molar-refractivity contribution in [2.45, 2.75) is 18.6 Å². The Bertz CT molecular complexity index is 891. The summed E-state index contributed by atoms with van der Waals surface area (Å²) in [6, 6.07) is 12.9. The lowest BCUT2D eigenvalue weighted by Crippen LogP contribution is -2.23. The Morgan fingerprint density at radius 1 is 1.11 bits per heavy atom. The van der Waals surface area contributed by atoms with Gasteiger partial charge in [-0.1, -0.05) is 36.4 Å². The van der Waals surface area contributed by atoms with Gasteiger partial charge in [0.25, 0.3) is 0 Å². The summed E-state index contributed by atoms with van der Waals surface area (Å²) in [5, 5.41) is 21.7. The predicted octanol–water partition coefficient (Wildman–Crippen LogP) is 2.44. The van der Waals surface area contributed by atoms with Crippen molar-refractivity contribution in [3.05, 3.63) is 48.0 Å². The maximum Gasteiger partial charge on any atom is 0.316 e. The Labute approximate surface area is 166 Å². The Hall–Kier alpha value is -2.87. The molecule has 2 unspecified atom stereocenters. The molecule has 0 aliphatic carbocycles. The summed E-state index contributed by atoms with van der Waals surface area (Å²) >= 11 is 1.08. The van der Waals surface area contributed by atoms with Gasteiger partial charge in [0.1, 0.15) is 0 Å². The van der Waals surface area contributed by atoms with Gasteiger partial charge in [-0.2, -0.15) is 0 Å². The summed E-state index contributed by atoms with van der Waals surface area (Å²) in [5.74, 6) is -2.75. The molecule has 2 aromatic rings. The number of benzene rings is 2. The van der Waals surface area contributed by atoms with Crippen LogP contribution in [-0.2, 0) is 14.4 Å². The molecule has 0 radical (unpaired) electrons. The number of ketones is 1. The minimum atomic E-state index is -1.07. The summed E-state index contributed by atoms with van der Waals surface area (Å²) in [6.07, 6.45) is -0.314. The molecule has 1 fully saturated rings. The highest BCUT2D eigenvalue weighted by Gasteiger charge is 2.25. The lowest BCUT2D eigenvalue weighted by atomic mass is 9.94. The fourth-order valence-corrected chi connectivity index (χ4v) is 3.32. The largest absolute Gasteiger partial charge is 0.481 e. The Balaban J connectivity index is 0.000000620. The van der Waals surface area contributed by atoms with Gasteiger partial charge in [-0.05, 0) is 23.8 Å². The van der Waals surface area contributed by atoms with Crippen LogP contribution < -0.4 is 5.32 Å². The fourth-order valence-electron chi connectivity index (χ4n) is 2.38. The molecule has 1 aliphatic heterocycles. The van der Waals surface area contributed by atoms with Gasteiger partial charge in [-0.25, -0.2) is 0 Å². The number of Topliss-reactive ketones (excluding diaryl/α,β-unsaturated/α-hetero) is 1. The van der Waals surface area contributed by atoms with Crippen LogP contribution in [0.1, 0.15) is 23.7 Å². The number of amides is 1. The molecule has 0 bridgehead atoms. The van der Waals surface area contributed by atoms with Crippen LogP contribution in [0.3, 0.4) is 0 Å². The van der Waals surface area contributed by atoms with E-state index in [0.29, 0.717) is 12.1 Å². The van der Waals surface area contributed by atoms with Crippen molar-refractivity contribution >= 4 is 46.2 Å². The number of hydrogen-bond donors (Lipinski definition) is 3. The molecule has 1 saturated heterocycles. The number of carboxylic acids is 2. The first-order valence-corrected chi connectivity index (χ1v) is 9.68. The average Bonchev–Trinajstić information content (AvgIpc) is 3.46. The van der Waals surface area contributed by atoms with Crippen LogP contribution in [0, 0.1) is 5.92 Å². The van der Waals surface area contributed by atoms with E-state index in [2.05, 4.69) is 5.32 Å². The van der Waals surface area contributed by atoms with E-state index in [1.54, 1.807) is 12.1 Å². The molecule has 2 atom stereocenters. The standard InChI is InChI=1S/C18H18O5S.C2H3NO/c1-11(18(22)23)24-10-15(9-16(19)20)17(21)14-7-6-12-4-2-3-5-13(12)8-14;4-2-1-3-2/h2-8,11,15H,9-10H2,1H3,(H,19,20)(H,22,23);1H2,(H,3,4). The second-order valence-electron chi connectivity index (χ2n) is 6.31. The van der Waals surface area contributed by atoms with Gasteiger partial charge in [0.2, 0.25) is 5.91 Å². The predicted molar refractivity (Wildman–Crippen MR) is 107 cm³/mol. The minimum absolute atomic E-state index is 0.158. The number of fused-ring (bicyclic) bond motifs is 1. The van der Waals surface area contributed by atoms with Crippen molar-refractivity contribution < 1.29 is 29.4 Å². The van der Waals surface area contributed by atoms with Gasteiger partial charge >= 0.3 is 11.9 Å². The van der Waals surface area contributed by atoms with Crippen LogP contribution in [0.2, 0.25) is 0 Å². The van der Waals surface area contributed by atoms with Crippen molar-refractivity contribution in [3.8, 4) is 0 Å². The van der Waals surface area contributed by atoms with E-state index in [-0.39, 0.29) is 23.9 Å². The van der Waals surface area contributed by atoms with Crippen LogP contribution >= 0.6 is 11.8 Å². The monoisotopic (exact) mass is 403 g/mol. The van der Waals surface area contributed by atoms with E-state index >= 15 is 0 Å². The number of carboxylic acid groups (broad SMARTS) is 2. The number of carbonyl (C=O) groups excluding carboxylic acids is 2. The molecule has 28 heavy (non-hydrogen) atoms. The molecule has 2 aromatic carbocycles. The van der Waals surface area contributed by atoms with Crippen molar-refractivity contribution in [2.75, 3.05) is 12.3 Å². The highest BCUT2D eigenvalue weighted by Crippen LogP contribution is 2.23. The molecule has 3 N–H and O–H groups in total. The quantitative estimate of drug-likeness (QED) is 0.456. The summed E-state index contributed by atoms with van der Waals surface area (Å²) in [4.78, 5) is 44.1. The smallest absolute Gasteiger partial charge is 0.316 e. The zero-order chi connectivity index (χ0) is 20.7. The van der Waals surface area contributed by atoms with E-state index in [0.717, 1.165) is 22.5 Å². The first-order valence-electron chi connectivity index (χ1n) is 8.64. The van der Waals surface area contributed by atoms with Crippen LogP contribution in [0.4, 0.5) is 0 Å². The highest BCUT2D eigenvalue weighted by atomic mass is 32.2. The summed E-state index contributed by atoms with van der Waals surface area (Å²) in [7, 11) is 0. The number of hydrogen-bond acceptors (Lipinski definition) is 5. The normalized spacial score (nSPS) is 14.2. The van der Waals surface area contributed by atoms with Crippen molar-refractivity contribution in [3.63, 3.8) is 0 Å². The van der Waals surface area contributed by atoms with Gasteiger partial charge in [0, 0.05) is 17.2 Å². The Morgan fingerprint density at radius 3 is 2.25 bits per heavy atom. The van der Waals surface area contributed by atoms with Gasteiger partial charge in [-0.15, -0.1) is 11.8 Å². The molecule has 8 heteroatoms. The van der Waals surface area contributed by atoms with Gasteiger partial charge < -0.3 is 15.5 Å². The molecule has 0 saturated carbocycles. The van der Waals surface area contributed by atoms with Crippen LogP contribution in [0.15, 0.2) is 42.5 Å². The Kier molecular flexibility index (Phi) is 7.57. The van der Waals surface area contributed by atoms with E-state index in [1.165, 1.54) is 6.92 Å². The number of aliphatic carboxylic acids is 2. The maximum atomic E-state index is 12.7. The number of nitrogens with one attached hydrogen (secondary N) is 1. The summed E-state index contributed by atoms with van der Waals surface area (Å²) in [6.45, 7) is 2.12. The molecule has 7 nitrogen and oxygen atoms in total. The highest BCUT2D eigenvalue weighted by molar-refractivity contribution is 8.00. The summed E-state index contributed by atoms with van der Waals surface area (Å²) in [5.41, 5.74) is 0.448. The van der Waals surface area contributed by atoms with E-state index in [1.807, 2.05) is 30.3 Å². The van der Waals surface area contributed by atoms with Crippen LogP contribution in [-0.4, -0.2) is 51.4 Å². The molecule has 0 spiro atoms. The first kappa shape index (κ1) is 21.4. The first-order chi connectivity index (χ1) is 13.3. The van der Waals surface area contributed by atoms with Crippen molar-refractivity contribution in [2.24, 2.45) is 5.92 Å². The van der Waals surface area contributed by atoms with Gasteiger partial charge in [0.05, 0.1) is 18.2 Å². The second-order valence-corrected chi connectivity index (χ2v) is 7.69. The second kappa shape index (κ2) is 9.89. The molecule has 1 aliphatic rings. The van der Waals surface area contributed by atoms with E-state index in [4.69, 9.17) is 10.2 Å². The zero-order valence-electron chi connectivity index (χ0n) is 15.3. The third kappa shape index (κ3) is 6.70. The molecule has 0 aromatic heterocycles. The van der Waals surface area contributed by atoms with Crippen molar-refractivity contribution in [1.29, 1.82) is 0 Å². The molecule has 3 rings (SSSR count). The topological polar surface area (TPSA) is 131 Å². The number of carbonyl (C=O) groups is 4. The van der Waals surface area contributed by atoms with Crippen LogP contribution in [0.5, 0.6) is 0 Å². The third-order valence-electron chi connectivity index (χ3n) is 4.04. The lowest BCUT2D eigenvalue weighted by molar-refractivity contribution is -0.138. The summed E-state index contributed by atoms with van der Waals surface area (Å²) < 4.78 is 0. The van der Waals surface area contributed by atoms with Crippen molar-refractivity contribution in [1.82, 2.24) is 5.32 Å². The number of thioether (sulfide) groups is 1. The fraction of sp³-hybridized carbons (Fsp3) is 0.300. The minimum Gasteiger partial charge on any atom is -0.481 e. The van der Waals surface area contributed by atoms with E-state index in [9.17, 15) is 19.2 Å². The molecular weight excluding hydrogens is 382 g/mol. The molecule has 1 heterocycles. The number of rotatable bonds is 8. The molecule has 1 amide bonds. The van der Waals surface area contributed by atoms with Crippen LogP contribution in [0.25, 0.3) is 10.8 Å². The third-order valence-corrected chi connectivity index (χ3v) is 5.34.